The Morgan fingerprint density at radius 3 is 2.28 bits per heavy atom. The Bertz CT molecular complexity index is 850. The molecule has 6 nitrogen and oxygen atoms in total. The van der Waals surface area contributed by atoms with Gasteiger partial charge < -0.3 is 10.2 Å². The number of nitrogens with one attached hydrogen (secondary N) is 1. The van der Waals surface area contributed by atoms with Gasteiger partial charge in [-0.2, -0.15) is 0 Å². The third kappa shape index (κ3) is 4.10. The Kier molecular flexibility index (Phi) is 5.37. The number of ketones is 2. The Morgan fingerprint density at radius 2 is 1.84 bits per heavy atom. The summed E-state index contributed by atoms with van der Waals surface area (Å²) in [6, 6.07) is 2.90. The number of carbonyl (C=O) groups excluding carboxylic acids is 2. The number of benzene rings is 1. The summed E-state index contributed by atoms with van der Waals surface area (Å²) in [5, 5.41) is 2.86. The highest BCUT2D eigenvalue weighted by molar-refractivity contribution is 7.90. The Balaban J connectivity index is 2.56. The molecule has 0 amide bonds. The van der Waals surface area contributed by atoms with E-state index in [4.69, 9.17) is 0 Å². The molecule has 25 heavy (non-hydrogen) atoms. The first-order valence-electron chi connectivity index (χ1n) is 8.06. The fourth-order valence-corrected chi connectivity index (χ4v) is 3.70. The van der Waals surface area contributed by atoms with Gasteiger partial charge in [0.25, 0.3) is 0 Å². The monoisotopic (exact) mass is 364 g/mol. The molecular weight excluding hydrogens is 340 g/mol. The number of allylic oxidation sites excluding steroid dienone is 1. The van der Waals surface area contributed by atoms with Crippen LogP contribution < -0.4 is 5.32 Å². The molecule has 1 N–H and O–H groups in total. The lowest BCUT2D eigenvalue weighted by molar-refractivity contribution is -0.116. The molecule has 0 heterocycles. The van der Waals surface area contributed by atoms with Crippen LogP contribution in [0, 0.1) is 12.8 Å². The minimum Gasteiger partial charge on any atom is -0.387 e. The lowest BCUT2D eigenvalue weighted by Gasteiger charge is -2.16. The van der Waals surface area contributed by atoms with Crippen LogP contribution in [0.15, 0.2) is 28.8 Å². The molecule has 136 valence electrons. The standard InChI is InChI=1S/C18H24N2O4S/c1-11-13(8-9-15(16(11)19-2)25(5,23)24)18(22)14(10-20(3)4)17(21)12-6-7-12/h8-10,12,19H,6-7H2,1-5H3/b14-10-. The largest absolute Gasteiger partial charge is 0.387 e. The van der Waals surface area contributed by atoms with Crippen molar-refractivity contribution in [1.29, 1.82) is 0 Å². The van der Waals surface area contributed by atoms with Gasteiger partial charge in [0.15, 0.2) is 21.4 Å². The van der Waals surface area contributed by atoms with Crippen molar-refractivity contribution in [2.24, 2.45) is 5.92 Å². The molecule has 1 saturated carbocycles. The Hall–Kier alpha value is -2.15. The molecule has 1 aliphatic carbocycles. The molecule has 0 aromatic heterocycles. The number of sulfone groups is 1. The smallest absolute Gasteiger partial charge is 0.198 e. The van der Waals surface area contributed by atoms with Gasteiger partial charge in [-0.3, -0.25) is 9.59 Å². The summed E-state index contributed by atoms with van der Waals surface area (Å²) < 4.78 is 23.9. The summed E-state index contributed by atoms with van der Waals surface area (Å²) in [7, 11) is 1.69. The summed E-state index contributed by atoms with van der Waals surface area (Å²) in [6.07, 6.45) is 4.29. The van der Waals surface area contributed by atoms with Crippen LogP contribution in [0.4, 0.5) is 5.69 Å². The highest BCUT2D eigenvalue weighted by Crippen LogP contribution is 2.34. The van der Waals surface area contributed by atoms with Gasteiger partial charge in [0.2, 0.25) is 0 Å². The third-order valence-electron chi connectivity index (χ3n) is 4.17. The van der Waals surface area contributed by atoms with E-state index >= 15 is 0 Å². The van der Waals surface area contributed by atoms with Crippen molar-refractivity contribution >= 4 is 27.1 Å². The maximum atomic E-state index is 13.0. The van der Waals surface area contributed by atoms with E-state index < -0.39 is 9.84 Å². The Morgan fingerprint density at radius 1 is 1.24 bits per heavy atom. The molecule has 1 fully saturated rings. The normalized spacial score (nSPS) is 15.0. The van der Waals surface area contributed by atoms with Crippen molar-refractivity contribution in [2.75, 3.05) is 32.7 Å². The average molecular weight is 364 g/mol. The van der Waals surface area contributed by atoms with E-state index in [1.807, 2.05) is 0 Å². The Labute approximate surface area is 148 Å². The van der Waals surface area contributed by atoms with Crippen LogP contribution in [0.3, 0.4) is 0 Å². The molecule has 2 rings (SSSR count). The molecule has 0 unspecified atom stereocenters. The van der Waals surface area contributed by atoms with Gasteiger partial charge in [-0.05, 0) is 37.5 Å². The van der Waals surface area contributed by atoms with E-state index in [0.717, 1.165) is 19.1 Å². The lowest BCUT2D eigenvalue weighted by Crippen LogP contribution is -2.20. The second-order valence-corrected chi connectivity index (χ2v) is 8.59. The molecule has 1 aromatic rings. The van der Waals surface area contributed by atoms with Crippen molar-refractivity contribution in [1.82, 2.24) is 4.90 Å². The van der Waals surface area contributed by atoms with Gasteiger partial charge in [0, 0.05) is 45.1 Å². The van der Waals surface area contributed by atoms with E-state index in [1.165, 1.54) is 12.1 Å². The number of rotatable bonds is 7. The molecule has 0 radical (unpaired) electrons. The molecule has 7 heteroatoms. The minimum atomic E-state index is -3.43. The van der Waals surface area contributed by atoms with Crippen LogP contribution in [0.5, 0.6) is 0 Å². The fourth-order valence-electron chi connectivity index (χ4n) is 2.76. The molecule has 0 bridgehead atoms. The quantitative estimate of drug-likeness (QED) is 0.345. The SMILES string of the molecule is CNc1c(S(C)(=O)=O)ccc(C(=O)/C(=C\N(C)C)C(=O)C2CC2)c1C. The number of carbonyl (C=O) groups is 2. The van der Waals surface area contributed by atoms with Crippen molar-refractivity contribution < 1.29 is 18.0 Å². The molecule has 1 aliphatic rings. The van der Waals surface area contributed by atoms with E-state index in [1.54, 1.807) is 39.2 Å². The summed E-state index contributed by atoms with van der Waals surface area (Å²) >= 11 is 0. The van der Waals surface area contributed by atoms with Gasteiger partial charge in [-0.1, -0.05) is 0 Å². The second kappa shape index (κ2) is 7.00. The highest BCUT2D eigenvalue weighted by Gasteiger charge is 2.35. The van der Waals surface area contributed by atoms with Crippen molar-refractivity contribution in [3.8, 4) is 0 Å². The highest BCUT2D eigenvalue weighted by atomic mass is 32.2. The first-order chi connectivity index (χ1) is 11.6. The van der Waals surface area contributed by atoms with Gasteiger partial charge in [0.1, 0.15) is 0 Å². The molecular formula is C18H24N2O4S. The predicted octanol–water partition coefficient (Wildman–Crippen LogP) is 2.05. The predicted molar refractivity (Wildman–Crippen MR) is 97.7 cm³/mol. The number of Topliss-reactive ketones (excluding diaryl/α,β-unsaturated/α-hetero) is 2. The van der Waals surface area contributed by atoms with Crippen molar-refractivity contribution in [3.63, 3.8) is 0 Å². The first kappa shape index (κ1) is 19.2. The van der Waals surface area contributed by atoms with Gasteiger partial charge in [-0.25, -0.2) is 8.42 Å². The van der Waals surface area contributed by atoms with Crippen molar-refractivity contribution in [3.05, 3.63) is 35.0 Å². The van der Waals surface area contributed by atoms with E-state index in [9.17, 15) is 18.0 Å². The van der Waals surface area contributed by atoms with Crippen molar-refractivity contribution in [2.45, 2.75) is 24.7 Å². The van der Waals surface area contributed by atoms with Crippen LogP contribution in [-0.2, 0) is 14.6 Å². The van der Waals surface area contributed by atoms with Gasteiger partial charge in [-0.15, -0.1) is 0 Å². The zero-order valence-corrected chi connectivity index (χ0v) is 16.0. The second-order valence-electron chi connectivity index (χ2n) is 6.61. The molecule has 0 saturated heterocycles. The topological polar surface area (TPSA) is 83.6 Å². The summed E-state index contributed by atoms with van der Waals surface area (Å²) in [5.74, 6) is -0.592. The van der Waals surface area contributed by atoms with Crippen LogP contribution in [-0.4, -0.2) is 52.3 Å². The number of nitrogens with zero attached hydrogens (tertiary/aromatic N) is 1. The minimum absolute atomic E-state index is 0.0745. The lowest BCUT2D eigenvalue weighted by atomic mass is 9.94. The summed E-state index contributed by atoms with van der Waals surface area (Å²) in [4.78, 5) is 27.3. The molecule has 0 atom stereocenters. The number of anilines is 1. The average Bonchev–Trinajstić information content (AvgIpc) is 3.34. The molecule has 0 aliphatic heterocycles. The van der Waals surface area contributed by atoms with Gasteiger partial charge >= 0.3 is 0 Å². The third-order valence-corrected chi connectivity index (χ3v) is 5.31. The first-order valence-corrected chi connectivity index (χ1v) is 9.95. The van der Waals surface area contributed by atoms with Crippen LogP contribution >= 0.6 is 0 Å². The van der Waals surface area contributed by atoms with Crippen LogP contribution in [0.25, 0.3) is 0 Å². The maximum absolute atomic E-state index is 13.0. The zero-order chi connectivity index (χ0) is 18.9. The van der Waals surface area contributed by atoms with Crippen LogP contribution in [0.1, 0.15) is 28.8 Å². The fraction of sp³-hybridized carbons (Fsp3) is 0.444. The van der Waals surface area contributed by atoms with E-state index in [-0.39, 0.29) is 28.0 Å². The molecule has 0 spiro atoms. The number of hydrogen-bond donors (Lipinski definition) is 1. The summed E-state index contributed by atoms with van der Waals surface area (Å²) in [6.45, 7) is 1.68. The van der Waals surface area contributed by atoms with Crippen LogP contribution in [0.2, 0.25) is 0 Å². The van der Waals surface area contributed by atoms with E-state index in [2.05, 4.69) is 5.32 Å². The zero-order valence-electron chi connectivity index (χ0n) is 15.2. The molecule has 1 aromatic carbocycles. The maximum Gasteiger partial charge on any atom is 0.198 e. The van der Waals surface area contributed by atoms with Gasteiger partial charge in [0.05, 0.1) is 16.2 Å². The number of hydrogen-bond acceptors (Lipinski definition) is 6. The van der Waals surface area contributed by atoms with E-state index in [0.29, 0.717) is 16.8 Å². The summed E-state index contributed by atoms with van der Waals surface area (Å²) in [5.41, 5.74) is 1.38.